The van der Waals surface area contributed by atoms with E-state index in [9.17, 15) is 0 Å². The molecular formula is C48H42O6. The average molecular weight is 721 g/mol. The van der Waals surface area contributed by atoms with E-state index < -0.39 is 16.2 Å². The Balaban J connectivity index is 1.62. The van der Waals surface area contributed by atoms with Gasteiger partial charge in [-0.2, -0.15) is 0 Å². The van der Waals surface area contributed by atoms with E-state index in [4.69, 9.17) is 39.2 Å². The molecule has 0 atom stereocenters. The molecule has 270 valence electrons. The minimum absolute atomic E-state index is 0.383. The molecule has 0 saturated heterocycles. The average Bonchev–Trinajstić information content (AvgIpc) is 3.33. The first-order chi connectivity index (χ1) is 29.0. The van der Waals surface area contributed by atoms with Crippen LogP contribution in [0.3, 0.4) is 0 Å². The smallest absolute Gasteiger partial charge is 0.293 e. The van der Waals surface area contributed by atoms with E-state index in [2.05, 4.69) is 39.0 Å². The van der Waals surface area contributed by atoms with E-state index in [0.717, 1.165) is 50.1 Å². The summed E-state index contributed by atoms with van der Waals surface area (Å²) >= 11 is 0. The van der Waals surface area contributed by atoms with E-state index >= 15 is 0 Å². The first kappa shape index (κ1) is 28.9. The summed E-state index contributed by atoms with van der Waals surface area (Å²) in [4.78, 5) is 0. The summed E-state index contributed by atoms with van der Waals surface area (Å²) < 4.78 is 45.4. The second kappa shape index (κ2) is 13.7. The Kier molecular flexibility index (Phi) is 7.33. The predicted octanol–water partition coefficient (Wildman–Crippen LogP) is 9.98. The van der Waals surface area contributed by atoms with Crippen LogP contribution in [0.2, 0.25) is 0 Å². The summed E-state index contributed by atoms with van der Waals surface area (Å²) in [6.07, 6.45) is 0. The summed E-state index contributed by atoms with van der Waals surface area (Å²) in [5.74, 6) is 2.30. The Hall–Kier alpha value is -6.66. The zero-order chi connectivity index (χ0) is 42.5. The van der Waals surface area contributed by atoms with E-state index in [1.807, 2.05) is 72.8 Å². The molecule has 0 radical (unpaired) electrons. The van der Waals surface area contributed by atoms with Crippen molar-refractivity contribution in [3.8, 4) is 34.5 Å². The minimum Gasteiger partial charge on any atom is -0.508 e. The molecule has 6 heteroatoms. The quantitative estimate of drug-likeness (QED) is 0.0587. The zero-order valence-electron chi connectivity index (χ0n) is 36.0. The third kappa shape index (κ3) is 6.26. The largest absolute Gasteiger partial charge is 0.508 e. The van der Waals surface area contributed by atoms with E-state index in [1.54, 1.807) is 72.8 Å². The zero-order valence-corrected chi connectivity index (χ0v) is 30.0. The normalized spacial score (nSPS) is 13.2. The number of phenolic OH excluding ortho intramolecular Hbond substituents is 6. The molecule has 7 aromatic carbocycles. The molecule has 0 aliphatic rings. The number of benzene rings is 7. The Bertz CT molecular complexity index is 2080. The topological polar surface area (TPSA) is 121 Å². The van der Waals surface area contributed by atoms with Crippen molar-refractivity contribution in [2.24, 2.45) is 0 Å². The van der Waals surface area contributed by atoms with Gasteiger partial charge in [-0.15, -0.1) is 0 Å². The molecule has 0 aromatic heterocycles. The lowest BCUT2D eigenvalue weighted by molar-refractivity contribution is 0.473. The lowest BCUT2D eigenvalue weighted by Crippen LogP contribution is -2.32. The number of rotatable bonds is 15. The molecule has 7 aromatic rings. The van der Waals surface area contributed by atoms with Crippen LogP contribution in [0.15, 0.2) is 164 Å². The maximum Gasteiger partial charge on any atom is 0.293 e. The van der Waals surface area contributed by atoms with Crippen LogP contribution in [0.1, 0.15) is 70.8 Å². The molecule has 0 fully saturated rings. The number of phenols is 6. The van der Waals surface area contributed by atoms with Crippen molar-refractivity contribution in [2.75, 3.05) is 0 Å². The van der Waals surface area contributed by atoms with Crippen molar-refractivity contribution in [2.45, 2.75) is 37.0 Å². The summed E-state index contributed by atoms with van der Waals surface area (Å²) in [6.45, 7) is 6.41. The second-order valence-corrected chi connectivity index (χ2v) is 14.3. The van der Waals surface area contributed by atoms with Crippen LogP contribution in [0.4, 0.5) is 0 Å². The Morgan fingerprint density at radius 2 is 0.407 bits per heavy atom. The second-order valence-electron chi connectivity index (χ2n) is 14.3. The first-order valence-corrected chi connectivity index (χ1v) is 17.6. The van der Waals surface area contributed by atoms with Crippen molar-refractivity contribution in [1.82, 2.24) is 0 Å². The highest BCUT2D eigenvalue weighted by Crippen LogP contribution is 2.49. The van der Waals surface area contributed by atoms with Crippen molar-refractivity contribution < 1.29 is 30.7 Å². The van der Waals surface area contributed by atoms with Gasteiger partial charge in [0.15, 0.2) is 0 Å². The number of hydrogen-bond donors (Lipinski definition) is 6. The summed E-state index contributed by atoms with van der Waals surface area (Å²) in [7, 11) is 0. The summed E-state index contributed by atoms with van der Waals surface area (Å²) in [5, 5.41) is 29.1. The fraction of sp³-hybridized carbons (Fsp3) is 0.125. The van der Waals surface area contributed by atoms with Gasteiger partial charge in [0.25, 0.3) is 8.59 Å². The highest BCUT2D eigenvalue weighted by molar-refractivity contribution is 5.61. The van der Waals surface area contributed by atoms with Gasteiger partial charge in [-0.3, -0.25) is 0 Å². The van der Waals surface area contributed by atoms with Gasteiger partial charge >= 0.3 is 0 Å². The van der Waals surface area contributed by atoms with Gasteiger partial charge in [-0.1, -0.05) is 91.0 Å². The highest BCUT2D eigenvalue weighted by atomic mass is 16.3. The third-order valence-electron chi connectivity index (χ3n) is 11.3. The van der Waals surface area contributed by atoms with Crippen LogP contribution in [-0.4, -0.2) is 39.2 Å². The molecule has 7 rings (SSSR count). The van der Waals surface area contributed by atoms with Crippen molar-refractivity contribution in [3.05, 3.63) is 214 Å². The molecule has 0 amide bonds. The van der Waals surface area contributed by atoms with Crippen LogP contribution in [-0.2, 0) is 16.2 Å². The molecule has 6 N–H and O–H groups in total. The van der Waals surface area contributed by atoms with Gasteiger partial charge in [0, 0.05) is 16.2 Å². The molecule has 54 heavy (non-hydrogen) atoms. The predicted molar refractivity (Wildman–Crippen MR) is 212 cm³/mol. The molecular weight excluding hydrogens is 673 g/mol. The fourth-order valence-corrected chi connectivity index (χ4v) is 7.72. The minimum atomic E-state index is -0.870. The van der Waals surface area contributed by atoms with Gasteiger partial charge in [-0.25, -0.2) is 0 Å². The van der Waals surface area contributed by atoms with Gasteiger partial charge in [0.05, 0.1) is 0 Å². The lowest BCUT2D eigenvalue weighted by Gasteiger charge is -2.39. The Morgan fingerprint density at radius 3 is 0.537 bits per heavy atom. The molecule has 0 unspecified atom stereocenters. The molecule has 0 spiro atoms. The molecule has 0 bridgehead atoms. The summed E-state index contributed by atoms with van der Waals surface area (Å²) in [5.41, 5.74) is 5.50. The molecule has 0 aliphatic carbocycles. The van der Waals surface area contributed by atoms with Gasteiger partial charge in [-0.05, 0) is 144 Å². The van der Waals surface area contributed by atoms with Crippen LogP contribution in [0.5, 0.6) is 34.5 Å². The maximum atomic E-state index is 7.56. The van der Waals surface area contributed by atoms with Crippen LogP contribution >= 0.6 is 0 Å². The molecule has 0 heterocycles. The molecule has 0 saturated carbocycles. The van der Waals surface area contributed by atoms with E-state index in [1.165, 1.54) is 0 Å². The third-order valence-corrected chi connectivity index (χ3v) is 11.3. The van der Waals surface area contributed by atoms with Crippen LogP contribution < -0.4 is 0 Å². The molecule has 6 nitrogen and oxygen atoms in total. The van der Waals surface area contributed by atoms with E-state index in [-0.39, 0.29) is 0 Å². The highest BCUT2D eigenvalue weighted by Gasteiger charge is 2.40. The maximum absolute atomic E-state index is 7.56. The van der Waals surface area contributed by atoms with Crippen LogP contribution in [0, 0.1) is 0 Å². The fourth-order valence-electron chi connectivity index (χ4n) is 7.72. The standard InChI is InChI=1S/C48H42O6/c1-46(31-4-16-40(49)17-5-31,32-6-18-41(50)19-7-32)37-28-38(47(2,33-8-20-42(51)21-9-33)34-10-22-43(52)23-11-34)30-39(29-37)48(3,35-12-24-44(53)25-13-35)36-14-26-45(54)27-15-36/h4-30,49-54H,1-3H3/i/hD6. The lowest BCUT2D eigenvalue weighted by atomic mass is 9.63. The van der Waals surface area contributed by atoms with Gasteiger partial charge in [0.1, 0.15) is 34.5 Å². The monoisotopic (exact) mass is 720 g/mol. The summed E-state index contributed by atoms with van der Waals surface area (Å²) in [6, 6.07) is 51.1. The molecule has 0 aliphatic heterocycles. The van der Waals surface area contributed by atoms with Crippen molar-refractivity contribution >= 4 is 0 Å². The van der Waals surface area contributed by atoms with Crippen molar-refractivity contribution in [1.29, 1.82) is 8.59 Å². The SMILES string of the molecule is [2H]Oc1ccc(C(C)(c2ccc(O[2H])cc2)c2cc(C(C)(c3ccc(O[2H])cc3)c3ccc(O[2H])cc3)cc(C(C)(c3ccc(O[2H])cc3)c3ccc(O[2H])cc3)c2)cc1. The van der Waals surface area contributed by atoms with Gasteiger partial charge in [0.2, 0.25) is 0 Å². The Morgan fingerprint density at radius 1 is 0.259 bits per heavy atom. The van der Waals surface area contributed by atoms with Crippen LogP contribution in [0.25, 0.3) is 0 Å². The Labute approximate surface area is 324 Å². The van der Waals surface area contributed by atoms with Gasteiger partial charge < -0.3 is 30.7 Å². The number of hydrogen-bond acceptors (Lipinski definition) is 6. The first-order valence-electron chi connectivity index (χ1n) is 20.1. The number of aromatic hydroxyl groups is 6. The van der Waals surface area contributed by atoms with E-state index in [0.29, 0.717) is 34.5 Å². The van der Waals surface area contributed by atoms with Crippen molar-refractivity contribution in [3.63, 3.8) is 0 Å².